The number of nitrogens with one attached hydrogen (secondary N) is 1. The van der Waals surface area contributed by atoms with Crippen LogP contribution in [0.2, 0.25) is 0 Å². The molecule has 1 unspecified atom stereocenters. The van der Waals surface area contributed by atoms with Crippen molar-refractivity contribution in [3.63, 3.8) is 0 Å². The molecule has 0 aromatic carbocycles. The van der Waals surface area contributed by atoms with Gasteiger partial charge in [-0.25, -0.2) is 0 Å². The van der Waals surface area contributed by atoms with Crippen LogP contribution in [-0.2, 0) is 6.42 Å². The average molecular weight is 216 g/mol. The number of carbonyl (C=O) groups excluding carboxylic acids is 1. The molecule has 0 radical (unpaired) electrons. The maximum atomic E-state index is 11.5. The molecule has 0 aliphatic heterocycles. The Balaban J connectivity index is 2.60. The SMILES string of the molecule is CCc1ccc(C(=O)NC(C)CCl)o1. The highest BCUT2D eigenvalue weighted by Gasteiger charge is 2.12. The zero-order valence-corrected chi connectivity index (χ0v) is 9.10. The van der Waals surface area contributed by atoms with Crippen molar-refractivity contribution in [1.29, 1.82) is 0 Å². The van der Waals surface area contributed by atoms with Gasteiger partial charge in [-0.3, -0.25) is 4.79 Å². The minimum absolute atomic E-state index is 0.0423. The molecule has 1 amide bonds. The highest BCUT2D eigenvalue weighted by Crippen LogP contribution is 2.08. The van der Waals surface area contributed by atoms with E-state index in [1.54, 1.807) is 12.1 Å². The first kappa shape index (κ1) is 11.1. The predicted octanol–water partition coefficient (Wildman–Crippen LogP) is 2.20. The third-order valence-corrected chi connectivity index (χ3v) is 2.31. The highest BCUT2D eigenvalue weighted by atomic mass is 35.5. The Kier molecular flexibility index (Phi) is 4.01. The Bertz CT molecular complexity index is 309. The summed E-state index contributed by atoms with van der Waals surface area (Å²) in [5.74, 6) is 1.35. The fraction of sp³-hybridized carbons (Fsp3) is 0.500. The normalized spacial score (nSPS) is 12.5. The van der Waals surface area contributed by atoms with E-state index in [1.165, 1.54) is 0 Å². The smallest absolute Gasteiger partial charge is 0.287 e. The van der Waals surface area contributed by atoms with Crippen LogP contribution in [0.5, 0.6) is 0 Å². The molecule has 0 saturated carbocycles. The van der Waals surface area contributed by atoms with Gasteiger partial charge in [0, 0.05) is 18.3 Å². The summed E-state index contributed by atoms with van der Waals surface area (Å²) >= 11 is 5.57. The summed E-state index contributed by atoms with van der Waals surface area (Å²) in [5.41, 5.74) is 0. The summed E-state index contributed by atoms with van der Waals surface area (Å²) in [6.07, 6.45) is 0.790. The van der Waals surface area contributed by atoms with Gasteiger partial charge in [0.1, 0.15) is 5.76 Å². The van der Waals surface area contributed by atoms with Crippen molar-refractivity contribution < 1.29 is 9.21 Å². The van der Waals surface area contributed by atoms with Crippen LogP contribution in [0.15, 0.2) is 16.5 Å². The molecule has 14 heavy (non-hydrogen) atoms. The first-order chi connectivity index (χ1) is 6.67. The average Bonchev–Trinajstić information content (AvgIpc) is 2.65. The summed E-state index contributed by atoms with van der Waals surface area (Å²) < 4.78 is 5.28. The molecule has 4 heteroatoms. The molecule has 0 aliphatic carbocycles. The number of furan rings is 1. The maximum absolute atomic E-state index is 11.5. The Hall–Kier alpha value is -0.960. The third kappa shape index (κ3) is 2.77. The monoisotopic (exact) mass is 215 g/mol. The van der Waals surface area contributed by atoms with Gasteiger partial charge in [0.2, 0.25) is 0 Å². The first-order valence-corrected chi connectivity index (χ1v) is 5.16. The summed E-state index contributed by atoms with van der Waals surface area (Å²) in [7, 11) is 0. The van der Waals surface area contributed by atoms with E-state index in [2.05, 4.69) is 5.32 Å². The van der Waals surface area contributed by atoms with Gasteiger partial charge in [-0.05, 0) is 19.1 Å². The molecule has 1 atom stereocenters. The quantitative estimate of drug-likeness (QED) is 0.783. The molecule has 0 saturated heterocycles. The fourth-order valence-electron chi connectivity index (χ4n) is 1.02. The van der Waals surface area contributed by atoms with Crippen molar-refractivity contribution in [2.45, 2.75) is 26.3 Å². The van der Waals surface area contributed by atoms with E-state index >= 15 is 0 Å². The van der Waals surface area contributed by atoms with E-state index in [4.69, 9.17) is 16.0 Å². The van der Waals surface area contributed by atoms with Gasteiger partial charge < -0.3 is 9.73 Å². The van der Waals surface area contributed by atoms with Crippen LogP contribution in [0.3, 0.4) is 0 Å². The first-order valence-electron chi connectivity index (χ1n) is 4.63. The molecule has 1 heterocycles. The topological polar surface area (TPSA) is 42.2 Å². The lowest BCUT2D eigenvalue weighted by atomic mass is 10.3. The van der Waals surface area contributed by atoms with Gasteiger partial charge in [0.05, 0.1) is 0 Å². The van der Waals surface area contributed by atoms with Crippen molar-refractivity contribution in [2.24, 2.45) is 0 Å². The van der Waals surface area contributed by atoms with Crippen molar-refractivity contribution in [3.8, 4) is 0 Å². The zero-order chi connectivity index (χ0) is 10.6. The van der Waals surface area contributed by atoms with Gasteiger partial charge in [0.15, 0.2) is 5.76 Å². The molecule has 1 aromatic rings. The lowest BCUT2D eigenvalue weighted by molar-refractivity contribution is 0.0914. The van der Waals surface area contributed by atoms with E-state index < -0.39 is 0 Å². The van der Waals surface area contributed by atoms with Crippen LogP contribution in [0.25, 0.3) is 0 Å². The second-order valence-corrected chi connectivity index (χ2v) is 3.46. The molecule has 78 valence electrons. The highest BCUT2D eigenvalue weighted by molar-refractivity contribution is 6.18. The van der Waals surface area contributed by atoms with Crippen LogP contribution < -0.4 is 5.32 Å². The molecule has 0 bridgehead atoms. The van der Waals surface area contributed by atoms with E-state index in [1.807, 2.05) is 13.8 Å². The van der Waals surface area contributed by atoms with Crippen molar-refractivity contribution in [2.75, 3.05) is 5.88 Å². The lowest BCUT2D eigenvalue weighted by Gasteiger charge is -2.08. The number of hydrogen-bond acceptors (Lipinski definition) is 2. The number of rotatable bonds is 4. The van der Waals surface area contributed by atoms with E-state index in [0.29, 0.717) is 11.6 Å². The Morgan fingerprint density at radius 2 is 2.36 bits per heavy atom. The standard InChI is InChI=1S/C10H14ClNO2/c1-3-8-4-5-9(14-8)10(13)12-7(2)6-11/h4-5,7H,3,6H2,1-2H3,(H,12,13). The molecular formula is C10H14ClNO2. The Morgan fingerprint density at radius 3 is 2.86 bits per heavy atom. The predicted molar refractivity (Wildman–Crippen MR) is 55.7 cm³/mol. The van der Waals surface area contributed by atoms with Gasteiger partial charge in [-0.15, -0.1) is 11.6 Å². The van der Waals surface area contributed by atoms with Gasteiger partial charge >= 0.3 is 0 Å². The van der Waals surface area contributed by atoms with Crippen molar-refractivity contribution in [1.82, 2.24) is 5.32 Å². The second kappa shape index (κ2) is 5.05. The van der Waals surface area contributed by atoms with E-state index in [0.717, 1.165) is 12.2 Å². The van der Waals surface area contributed by atoms with Gasteiger partial charge in [-0.1, -0.05) is 6.92 Å². The molecule has 3 nitrogen and oxygen atoms in total. The van der Waals surface area contributed by atoms with Crippen LogP contribution in [0, 0.1) is 0 Å². The van der Waals surface area contributed by atoms with E-state index in [-0.39, 0.29) is 11.9 Å². The number of aryl methyl sites for hydroxylation is 1. The largest absolute Gasteiger partial charge is 0.456 e. The summed E-state index contributed by atoms with van der Waals surface area (Å²) in [4.78, 5) is 11.5. The van der Waals surface area contributed by atoms with Crippen molar-refractivity contribution in [3.05, 3.63) is 23.7 Å². The molecule has 1 N–H and O–H groups in total. The van der Waals surface area contributed by atoms with Crippen LogP contribution >= 0.6 is 11.6 Å². The summed E-state index contributed by atoms with van der Waals surface area (Å²) in [5, 5.41) is 2.72. The summed E-state index contributed by atoms with van der Waals surface area (Å²) in [6.45, 7) is 3.82. The van der Waals surface area contributed by atoms with Crippen LogP contribution in [0.4, 0.5) is 0 Å². The maximum Gasteiger partial charge on any atom is 0.287 e. The fourth-order valence-corrected chi connectivity index (χ4v) is 1.10. The molecule has 1 rings (SSSR count). The number of alkyl halides is 1. The van der Waals surface area contributed by atoms with Crippen LogP contribution in [-0.4, -0.2) is 17.8 Å². The molecule has 0 spiro atoms. The molecule has 1 aromatic heterocycles. The number of halogens is 1. The Labute approximate surface area is 88.4 Å². The zero-order valence-electron chi connectivity index (χ0n) is 8.34. The molecule has 0 aliphatic rings. The lowest BCUT2D eigenvalue weighted by Crippen LogP contribution is -2.33. The van der Waals surface area contributed by atoms with E-state index in [9.17, 15) is 4.79 Å². The third-order valence-electron chi connectivity index (χ3n) is 1.84. The Morgan fingerprint density at radius 1 is 1.64 bits per heavy atom. The van der Waals surface area contributed by atoms with Gasteiger partial charge in [0.25, 0.3) is 5.91 Å². The minimum atomic E-state index is -0.210. The van der Waals surface area contributed by atoms with Crippen molar-refractivity contribution >= 4 is 17.5 Å². The molecular weight excluding hydrogens is 202 g/mol. The molecule has 0 fully saturated rings. The minimum Gasteiger partial charge on any atom is -0.456 e. The summed E-state index contributed by atoms with van der Waals surface area (Å²) in [6, 6.07) is 3.44. The van der Waals surface area contributed by atoms with Crippen LogP contribution in [0.1, 0.15) is 30.2 Å². The second-order valence-electron chi connectivity index (χ2n) is 3.15. The number of hydrogen-bond donors (Lipinski definition) is 1. The van der Waals surface area contributed by atoms with Gasteiger partial charge in [-0.2, -0.15) is 0 Å². The number of carbonyl (C=O) groups is 1. The number of amides is 1.